The van der Waals surface area contributed by atoms with Gasteiger partial charge >= 0.3 is 5.97 Å². The number of esters is 1. The summed E-state index contributed by atoms with van der Waals surface area (Å²) in [5, 5.41) is 0.462. The van der Waals surface area contributed by atoms with E-state index in [9.17, 15) is 14.0 Å². The maximum Gasteiger partial charge on any atom is 0.310 e. The quantitative estimate of drug-likeness (QED) is 0.711. The largest absolute Gasteiger partial charge is 0.494 e. The number of hydrogen-bond acceptors (Lipinski definition) is 5. The van der Waals surface area contributed by atoms with Gasteiger partial charge in [-0.1, -0.05) is 18.2 Å². The number of ether oxygens (including phenoxy) is 2. The molecular weight excluding hydrogens is 339 g/mol. The predicted molar refractivity (Wildman–Crippen MR) is 93.5 cm³/mol. The number of hydrogen-bond donors (Lipinski definition) is 1. The second kappa shape index (κ2) is 7.35. The number of aromatic amines is 1. The van der Waals surface area contributed by atoms with Gasteiger partial charge in [0.05, 0.1) is 24.4 Å². The Morgan fingerprint density at radius 1 is 1.27 bits per heavy atom. The zero-order chi connectivity index (χ0) is 18.7. The predicted octanol–water partition coefficient (Wildman–Crippen LogP) is 2.92. The van der Waals surface area contributed by atoms with E-state index in [-0.39, 0.29) is 23.6 Å². The number of nitrogens with zero attached hydrogens (tertiary/aromatic N) is 1. The van der Waals surface area contributed by atoms with Gasteiger partial charge in [0, 0.05) is 0 Å². The molecule has 1 atom stereocenters. The number of carbonyl (C=O) groups is 1. The van der Waals surface area contributed by atoms with Crippen molar-refractivity contribution in [1.82, 2.24) is 9.97 Å². The molecule has 0 fully saturated rings. The van der Waals surface area contributed by atoms with Crippen LogP contribution in [-0.2, 0) is 16.0 Å². The molecular formula is C19H17FN2O4. The van der Waals surface area contributed by atoms with Crippen LogP contribution in [0.25, 0.3) is 10.9 Å². The van der Waals surface area contributed by atoms with E-state index in [1.54, 1.807) is 37.3 Å². The Balaban J connectivity index is 1.73. The normalized spacial score (nSPS) is 12.0. The van der Waals surface area contributed by atoms with Gasteiger partial charge in [0.15, 0.2) is 23.5 Å². The first-order chi connectivity index (χ1) is 12.5. The topological polar surface area (TPSA) is 81.3 Å². The molecule has 1 aromatic heterocycles. The minimum atomic E-state index is -0.747. The number of benzene rings is 2. The molecule has 3 aromatic rings. The van der Waals surface area contributed by atoms with Crippen LogP contribution in [0, 0.1) is 5.82 Å². The summed E-state index contributed by atoms with van der Waals surface area (Å²) in [6.07, 6.45) is -0.855. The van der Waals surface area contributed by atoms with Crippen LogP contribution >= 0.6 is 0 Å². The molecule has 0 aliphatic heterocycles. The van der Waals surface area contributed by atoms with Crippen LogP contribution in [0.2, 0.25) is 0 Å². The Labute approximate surface area is 148 Å². The highest BCUT2D eigenvalue weighted by atomic mass is 19.1. The zero-order valence-corrected chi connectivity index (χ0v) is 14.3. The fourth-order valence-electron chi connectivity index (χ4n) is 2.58. The Bertz CT molecular complexity index is 1020. The third-order valence-electron chi connectivity index (χ3n) is 3.89. The van der Waals surface area contributed by atoms with Gasteiger partial charge < -0.3 is 14.5 Å². The second-order valence-corrected chi connectivity index (χ2v) is 5.75. The van der Waals surface area contributed by atoms with Gasteiger partial charge in [-0.3, -0.25) is 9.59 Å². The van der Waals surface area contributed by atoms with Crippen LogP contribution in [0.1, 0.15) is 24.4 Å². The molecule has 134 valence electrons. The van der Waals surface area contributed by atoms with Gasteiger partial charge in [-0.2, -0.15) is 0 Å². The first-order valence-electron chi connectivity index (χ1n) is 7.99. The van der Waals surface area contributed by atoms with Crippen molar-refractivity contribution in [2.24, 2.45) is 0 Å². The molecule has 0 spiro atoms. The van der Waals surface area contributed by atoms with Gasteiger partial charge in [-0.05, 0) is 36.8 Å². The molecule has 3 rings (SSSR count). The van der Waals surface area contributed by atoms with Crippen LogP contribution in [0.5, 0.6) is 5.75 Å². The van der Waals surface area contributed by atoms with Gasteiger partial charge in [-0.15, -0.1) is 0 Å². The molecule has 0 aliphatic carbocycles. The summed E-state index contributed by atoms with van der Waals surface area (Å²) < 4.78 is 23.9. The summed E-state index contributed by atoms with van der Waals surface area (Å²) in [5.41, 5.74) is 0.678. The van der Waals surface area contributed by atoms with Crippen molar-refractivity contribution in [3.63, 3.8) is 0 Å². The SMILES string of the molecule is COc1ccc(CC(=O)O[C@H](C)c2nc3ccccc3c(=O)[nH]2)cc1F. The first-order valence-corrected chi connectivity index (χ1v) is 7.99. The fraction of sp³-hybridized carbons (Fsp3) is 0.211. The molecule has 6 nitrogen and oxygen atoms in total. The lowest BCUT2D eigenvalue weighted by atomic mass is 10.1. The van der Waals surface area contributed by atoms with Crippen LogP contribution in [0.4, 0.5) is 4.39 Å². The molecule has 1 heterocycles. The highest BCUT2D eigenvalue weighted by molar-refractivity contribution is 5.77. The Hall–Kier alpha value is -3.22. The number of rotatable bonds is 5. The van der Waals surface area contributed by atoms with E-state index in [4.69, 9.17) is 9.47 Å². The second-order valence-electron chi connectivity index (χ2n) is 5.75. The van der Waals surface area contributed by atoms with Crippen molar-refractivity contribution in [1.29, 1.82) is 0 Å². The Kier molecular flexibility index (Phi) is 4.97. The van der Waals surface area contributed by atoms with Crippen molar-refractivity contribution >= 4 is 16.9 Å². The Morgan fingerprint density at radius 2 is 2.04 bits per heavy atom. The van der Waals surface area contributed by atoms with Gasteiger partial charge in [-0.25, -0.2) is 9.37 Å². The monoisotopic (exact) mass is 356 g/mol. The molecule has 26 heavy (non-hydrogen) atoms. The first kappa shape index (κ1) is 17.6. The Morgan fingerprint density at radius 3 is 2.77 bits per heavy atom. The molecule has 0 saturated heterocycles. The van der Waals surface area contributed by atoms with Crippen molar-refractivity contribution < 1.29 is 18.7 Å². The smallest absolute Gasteiger partial charge is 0.310 e. The highest BCUT2D eigenvalue weighted by Gasteiger charge is 2.16. The van der Waals surface area contributed by atoms with Crippen molar-refractivity contribution in [2.75, 3.05) is 7.11 Å². The number of methoxy groups -OCH3 is 1. The van der Waals surface area contributed by atoms with Crippen LogP contribution in [0.3, 0.4) is 0 Å². The third kappa shape index (κ3) is 3.72. The summed E-state index contributed by atoms with van der Waals surface area (Å²) in [6.45, 7) is 1.61. The minimum Gasteiger partial charge on any atom is -0.494 e. The summed E-state index contributed by atoms with van der Waals surface area (Å²) in [7, 11) is 1.37. The molecule has 0 radical (unpaired) electrons. The number of carbonyl (C=O) groups excluding carboxylic acids is 1. The number of nitrogens with one attached hydrogen (secondary N) is 1. The summed E-state index contributed by atoms with van der Waals surface area (Å²) in [4.78, 5) is 31.2. The van der Waals surface area contributed by atoms with E-state index in [0.29, 0.717) is 16.5 Å². The van der Waals surface area contributed by atoms with Gasteiger partial charge in [0.25, 0.3) is 5.56 Å². The summed E-state index contributed by atoms with van der Waals surface area (Å²) >= 11 is 0. The minimum absolute atomic E-state index is 0.105. The van der Waals surface area contributed by atoms with E-state index in [1.807, 2.05) is 0 Å². The third-order valence-corrected chi connectivity index (χ3v) is 3.89. The molecule has 0 bridgehead atoms. The van der Waals surface area contributed by atoms with Gasteiger partial charge in [0.1, 0.15) is 0 Å². The lowest BCUT2D eigenvalue weighted by Gasteiger charge is -2.13. The van der Waals surface area contributed by atoms with Crippen LogP contribution < -0.4 is 10.3 Å². The molecule has 0 saturated carbocycles. The maximum atomic E-state index is 13.7. The number of fused-ring (bicyclic) bond motifs is 1. The van der Waals surface area contributed by atoms with E-state index in [0.717, 1.165) is 0 Å². The van der Waals surface area contributed by atoms with Crippen molar-refractivity contribution in [3.05, 3.63) is 70.0 Å². The standard InChI is InChI=1S/C19H17FN2O4/c1-11(18-21-15-6-4-3-5-13(15)19(24)22-18)26-17(23)10-12-7-8-16(25-2)14(20)9-12/h3-9,11H,10H2,1-2H3,(H,21,22,24)/t11-/m1/s1. The summed E-state index contributed by atoms with van der Waals surface area (Å²) in [6, 6.07) is 11.2. The molecule has 1 N–H and O–H groups in total. The lowest BCUT2D eigenvalue weighted by Crippen LogP contribution is -2.18. The zero-order valence-electron chi connectivity index (χ0n) is 14.3. The molecule has 0 unspecified atom stereocenters. The molecule has 0 aliphatic rings. The van der Waals surface area contributed by atoms with E-state index in [2.05, 4.69) is 9.97 Å². The van der Waals surface area contributed by atoms with Crippen LogP contribution in [-0.4, -0.2) is 23.0 Å². The molecule has 7 heteroatoms. The lowest BCUT2D eigenvalue weighted by molar-refractivity contribution is -0.148. The van der Waals surface area contributed by atoms with E-state index in [1.165, 1.54) is 19.2 Å². The average molecular weight is 356 g/mol. The van der Waals surface area contributed by atoms with Crippen LogP contribution in [0.15, 0.2) is 47.3 Å². The fourth-order valence-corrected chi connectivity index (χ4v) is 2.58. The van der Waals surface area contributed by atoms with Crippen molar-refractivity contribution in [3.8, 4) is 5.75 Å². The number of aromatic nitrogens is 2. The van der Waals surface area contributed by atoms with Gasteiger partial charge in [0.2, 0.25) is 0 Å². The summed E-state index contributed by atoms with van der Waals surface area (Å²) in [5.74, 6) is -0.749. The van der Waals surface area contributed by atoms with Crippen molar-refractivity contribution in [2.45, 2.75) is 19.4 Å². The maximum absolute atomic E-state index is 13.7. The molecule has 0 amide bonds. The average Bonchev–Trinajstić information content (AvgIpc) is 2.61. The number of halogens is 1. The van der Waals surface area contributed by atoms with E-state index >= 15 is 0 Å². The number of H-pyrrole nitrogens is 1. The molecule has 2 aromatic carbocycles. The van der Waals surface area contributed by atoms with E-state index < -0.39 is 17.9 Å². The highest BCUT2D eigenvalue weighted by Crippen LogP contribution is 2.19. The number of para-hydroxylation sites is 1.